The molecule has 10 heteroatoms. The predicted molar refractivity (Wildman–Crippen MR) is 89.1 cm³/mol. The van der Waals surface area contributed by atoms with Crippen molar-refractivity contribution in [3.8, 4) is 0 Å². The molecule has 0 aliphatic carbocycles. The zero-order chi connectivity index (χ0) is 17.4. The number of carbonyl (C=O) groups is 1. The largest absolute Gasteiger partial charge is 0.465 e. The van der Waals surface area contributed by atoms with Gasteiger partial charge in [-0.15, -0.1) is 0 Å². The maximum atomic E-state index is 13.7. The number of anilines is 1. The van der Waals surface area contributed by atoms with Crippen molar-refractivity contribution >= 4 is 33.6 Å². The highest BCUT2D eigenvalue weighted by Crippen LogP contribution is 2.34. The van der Waals surface area contributed by atoms with Crippen molar-refractivity contribution in [3.63, 3.8) is 0 Å². The molecule has 8 nitrogen and oxygen atoms in total. The minimum atomic E-state index is -0.920. The molecule has 0 saturated carbocycles. The second-order valence-corrected chi connectivity index (χ2v) is 6.61. The summed E-state index contributed by atoms with van der Waals surface area (Å²) in [5.41, 5.74) is 0.897. The number of hydrogen-bond donors (Lipinski definition) is 2. The molecule has 1 aliphatic rings. The molecule has 0 unspecified atom stereocenters. The number of carboxylic acid groups (broad SMARTS) is 1. The van der Waals surface area contributed by atoms with Crippen LogP contribution in [0.25, 0.3) is 10.3 Å². The molecule has 1 fully saturated rings. The highest BCUT2D eigenvalue weighted by atomic mass is 32.1. The molecule has 4 rings (SSSR count). The number of thiazole rings is 1. The molecule has 25 heavy (non-hydrogen) atoms. The third kappa shape index (κ3) is 2.95. The van der Waals surface area contributed by atoms with Gasteiger partial charge in [0.2, 0.25) is 0 Å². The Balaban J connectivity index is 1.54. The lowest BCUT2D eigenvalue weighted by atomic mass is 10.0. The van der Waals surface area contributed by atoms with Gasteiger partial charge in [0, 0.05) is 25.2 Å². The van der Waals surface area contributed by atoms with Crippen molar-refractivity contribution in [3.05, 3.63) is 41.2 Å². The van der Waals surface area contributed by atoms with Crippen molar-refractivity contribution < 1.29 is 14.3 Å². The zero-order valence-corrected chi connectivity index (χ0v) is 13.7. The summed E-state index contributed by atoms with van der Waals surface area (Å²) in [6.45, 7) is 1.05. The summed E-state index contributed by atoms with van der Waals surface area (Å²) >= 11 is 1.42. The van der Waals surface area contributed by atoms with Crippen LogP contribution < -0.4 is 5.32 Å². The summed E-state index contributed by atoms with van der Waals surface area (Å²) in [6, 6.07) is 2.89. The normalized spacial score (nSPS) is 14.5. The Morgan fingerprint density at radius 3 is 3.00 bits per heavy atom. The van der Waals surface area contributed by atoms with E-state index >= 15 is 0 Å². The molecule has 1 saturated heterocycles. The van der Waals surface area contributed by atoms with Crippen molar-refractivity contribution in [2.45, 2.75) is 12.5 Å². The number of nitrogens with one attached hydrogen (secondary N) is 1. The molecular weight excluding hydrogens is 347 g/mol. The van der Waals surface area contributed by atoms with E-state index in [4.69, 9.17) is 5.11 Å². The first-order valence-corrected chi connectivity index (χ1v) is 8.36. The van der Waals surface area contributed by atoms with Gasteiger partial charge < -0.3 is 15.3 Å². The molecule has 0 aromatic carbocycles. The van der Waals surface area contributed by atoms with Crippen LogP contribution in [-0.4, -0.2) is 49.1 Å². The van der Waals surface area contributed by atoms with Crippen LogP contribution in [0.15, 0.2) is 24.7 Å². The first kappa shape index (κ1) is 15.6. The van der Waals surface area contributed by atoms with E-state index in [2.05, 4.69) is 25.3 Å². The minimum Gasteiger partial charge on any atom is -0.465 e. The van der Waals surface area contributed by atoms with Crippen LogP contribution in [0.2, 0.25) is 0 Å². The van der Waals surface area contributed by atoms with Crippen LogP contribution in [0.4, 0.5) is 15.0 Å². The number of amides is 1. The van der Waals surface area contributed by atoms with Gasteiger partial charge >= 0.3 is 6.09 Å². The third-order valence-corrected chi connectivity index (χ3v) is 5.10. The Labute approximate surface area is 145 Å². The number of rotatable bonds is 4. The SMILES string of the molecule is O=C(O)N1CC(c2nc3c(NCc4ncccc4F)ncnc3s2)C1. The number of pyridine rings is 1. The lowest BCUT2D eigenvalue weighted by Gasteiger charge is -2.35. The molecule has 128 valence electrons. The molecule has 4 heterocycles. The van der Waals surface area contributed by atoms with E-state index in [9.17, 15) is 9.18 Å². The van der Waals surface area contributed by atoms with Crippen LogP contribution in [0.1, 0.15) is 16.6 Å². The summed E-state index contributed by atoms with van der Waals surface area (Å²) in [5.74, 6) is 0.200. The van der Waals surface area contributed by atoms with E-state index < -0.39 is 6.09 Å². The molecule has 1 amide bonds. The summed E-state index contributed by atoms with van der Waals surface area (Å²) in [7, 11) is 0. The summed E-state index contributed by atoms with van der Waals surface area (Å²) < 4.78 is 13.7. The van der Waals surface area contributed by atoms with E-state index in [0.717, 1.165) is 5.01 Å². The van der Waals surface area contributed by atoms with E-state index in [-0.39, 0.29) is 18.3 Å². The molecule has 0 radical (unpaired) electrons. The van der Waals surface area contributed by atoms with Gasteiger partial charge in [-0.1, -0.05) is 11.3 Å². The summed E-state index contributed by atoms with van der Waals surface area (Å²) in [5, 5.41) is 12.8. The predicted octanol–water partition coefficient (Wildman–Crippen LogP) is 2.31. The maximum Gasteiger partial charge on any atom is 0.407 e. The fourth-order valence-corrected chi connectivity index (χ4v) is 3.57. The standard InChI is InChI=1S/C15H13FN6O2S/c16-9-2-1-3-17-10(9)4-18-12-11-14(20-7-19-12)25-13(21-11)8-5-22(6-8)15(23)24/h1-3,7-8H,4-6H2,(H,23,24)(H,18,19,20). The summed E-state index contributed by atoms with van der Waals surface area (Å²) in [4.78, 5) is 29.9. The van der Waals surface area contributed by atoms with E-state index in [1.807, 2.05) is 0 Å². The number of aromatic nitrogens is 4. The number of hydrogen-bond acceptors (Lipinski definition) is 7. The highest BCUT2D eigenvalue weighted by Gasteiger charge is 2.34. The van der Waals surface area contributed by atoms with Crippen molar-refractivity contribution in [2.75, 3.05) is 18.4 Å². The minimum absolute atomic E-state index is 0.0800. The first-order valence-electron chi connectivity index (χ1n) is 7.54. The van der Waals surface area contributed by atoms with Crippen molar-refractivity contribution in [1.29, 1.82) is 0 Å². The van der Waals surface area contributed by atoms with Gasteiger partial charge in [0.1, 0.15) is 27.5 Å². The fraction of sp³-hybridized carbons (Fsp3) is 0.267. The number of nitrogens with zero attached hydrogens (tertiary/aromatic N) is 5. The quantitative estimate of drug-likeness (QED) is 0.736. The molecule has 3 aromatic heterocycles. The van der Waals surface area contributed by atoms with E-state index in [0.29, 0.717) is 34.9 Å². The Hall–Kier alpha value is -2.88. The summed E-state index contributed by atoms with van der Waals surface area (Å²) in [6.07, 6.45) is 2.03. The number of likely N-dealkylation sites (tertiary alicyclic amines) is 1. The van der Waals surface area contributed by atoms with Crippen molar-refractivity contribution in [2.24, 2.45) is 0 Å². The van der Waals surface area contributed by atoms with Gasteiger partial charge in [0.05, 0.1) is 12.2 Å². The maximum absolute atomic E-state index is 13.7. The Morgan fingerprint density at radius 2 is 2.24 bits per heavy atom. The average Bonchev–Trinajstić information content (AvgIpc) is 2.96. The molecule has 0 atom stereocenters. The molecule has 0 bridgehead atoms. The molecule has 0 spiro atoms. The second-order valence-electron chi connectivity index (χ2n) is 5.60. The van der Waals surface area contributed by atoms with Crippen LogP contribution in [0.5, 0.6) is 0 Å². The molecular formula is C15H13FN6O2S. The number of fused-ring (bicyclic) bond motifs is 1. The van der Waals surface area contributed by atoms with Crippen molar-refractivity contribution in [1.82, 2.24) is 24.8 Å². The van der Waals surface area contributed by atoms with Gasteiger partial charge in [-0.3, -0.25) is 4.98 Å². The first-order chi connectivity index (χ1) is 12.1. The number of halogens is 1. The molecule has 1 aliphatic heterocycles. The topological polar surface area (TPSA) is 104 Å². The zero-order valence-electron chi connectivity index (χ0n) is 12.9. The lowest BCUT2D eigenvalue weighted by Crippen LogP contribution is -2.47. The van der Waals surface area contributed by atoms with Crippen LogP contribution >= 0.6 is 11.3 Å². The molecule has 3 aromatic rings. The van der Waals surface area contributed by atoms with Gasteiger partial charge in [-0.25, -0.2) is 24.1 Å². The van der Waals surface area contributed by atoms with E-state index in [1.54, 1.807) is 0 Å². The Morgan fingerprint density at radius 1 is 1.40 bits per heavy atom. The molecule has 2 N–H and O–H groups in total. The fourth-order valence-electron chi connectivity index (χ4n) is 2.58. The van der Waals surface area contributed by atoms with Gasteiger partial charge in [0.25, 0.3) is 0 Å². The smallest absolute Gasteiger partial charge is 0.407 e. The van der Waals surface area contributed by atoms with Gasteiger partial charge in [-0.2, -0.15) is 0 Å². The Kier molecular flexibility index (Phi) is 3.88. The van der Waals surface area contributed by atoms with Crippen LogP contribution in [0.3, 0.4) is 0 Å². The third-order valence-electron chi connectivity index (χ3n) is 3.97. The Bertz CT molecular complexity index is 943. The lowest BCUT2D eigenvalue weighted by molar-refractivity contribution is 0.105. The van der Waals surface area contributed by atoms with Gasteiger partial charge in [0.15, 0.2) is 5.82 Å². The second kappa shape index (κ2) is 6.20. The van der Waals surface area contributed by atoms with E-state index in [1.165, 1.54) is 40.9 Å². The average molecular weight is 360 g/mol. The van der Waals surface area contributed by atoms with Crippen LogP contribution in [-0.2, 0) is 6.54 Å². The highest BCUT2D eigenvalue weighted by molar-refractivity contribution is 7.18. The van der Waals surface area contributed by atoms with Crippen LogP contribution in [0, 0.1) is 5.82 Å². The van der Waals surface area contributed by atoms with Gasteiger partial charge in [-0.05, 0) is 12.1 Å². The monoisotopic (exact) mass is 360 g/mol.